The standard InChI is InChI=1S/C15H23N3O2/c1-2-9-17(15-7-4-8-16-11-15)12-13-5-3-6-14(10-13)18(19)20/h3,5-6,10,15-16H,2,4,7-9,11-12H2,1H3. The molecule has 1 atom stereocenters. The van der Waals surface area contributed by atoms with Gasteiger partial charge in [0, 0.05) is 31.3 Å². The molecule has 0 aromatic heterocycles. The second kappa shape index (κ2) is 7.36. The minimum absolute atomic E-state index is 0.181. The molecular weight excluding hydrogens is 254 g/mol. The van der Waals surface area contributed by atoms with Crippen LogP contribution in [0.15, 0.2) is 24.3 Å². The summed E-state index contributed by atoms with van der Waals surface area (Å²) in [5.41, 5.74) is 1.21. The van der Waals surface area contributed by atoms with Crippen LogP contribution in [0.25, 0.3) is 0 Å². The molecule has 1 aliphatic rings. The van der Waals surface area contributed by atoms with Gasteiger partial charge in [0.1, 0.15) is 0 Å². The van der Waals surface area contributed by atoms with Gasteiger partial charge in [-0.1, -0.05) is 19.1 Å². The summed E-state index contributed by atoms with van der Waals surface area (Å²) in [6.45, 7) is 6.13. The first-order valence-electron chi connectivity index (χ1n) is 7.39. The second-order valence-corrected chi connectivity index (χ2v) is 5.40. The molecule has 1 fully saturated rings. The van der Waals surface area contributed by atoms with Crippen LogP contribution < -0.4 is 5.32 Å². The Labute approximate surface area is 120 Å². The number of benzene rings is 1. The summed E-state index contributed by atoms with van der Waals surface area (Å²) in [6.07, 6.45) is 3.52. The zero-order valence-electron chi connectivity index (χ0n) is 12.0. The lowest BCUT2D eigenvalue weighted by atomic mass is 10.0. The van der Waals surface area contributed by atoms with Crippen LogP contribution in [-0.4, -0.2) is 35.5 Å². The van der Waals surface area contributed by atoms with Gasteiger partial charge in [-0.15, -0.1) is 0 Å². The van der Waals surface area contributed by atoms with Gasteiger partial charge in [0.25, 0.3) is 5.69 Å². The van der Waals surface area contributed by atoms with Crippen LogP contribution in [0.1, 0.15) is 31.7 Å². The van der Waals surface area contributed by atoms with Crippen LogP contribution in [0.3, 0.4) is 0 Å². The van der Waals surface area contributed by atoms with Gasteiger partial charge in [0.2, 0.25) is 0 Å². The fourth-order valence-corrected chi connectivity index (χ4v) is 2.83. The Kier molecular flexibility index (Phi) is 5.49. The predicted molar refractivity (Wildman–Crippen MR) is 79.7 cm³/mol. The van der Waals surface area contributed by atoms with E-state index in [2.05, 4.69) is 17.1 Å². The molecule has 1 unspecified atom stereocenters. The van der Waals surface area contributed by atoms with E-state index in [-0.39, 0.29) is 10.6 Å². The quantitative estimate of drug-likeness (QED) is 0.641. The Morgan fingerprint density at radius 1 is 1.50 bits per heavy atom. The topological polar surface area (TPSA) is 58.4 Å². The van der Waals surface area contributed by atoms with Gasteiger partial charge in [-0.2, -0.15) is 0 Å². The average Bonchev–Trinajstić information content (AvgIpc) is 2.48. The van der Waals surface area contributed by atoms with E-state index in [0.717, 1.165) is 38.2 Å². The fourth-order valence-electron chi connectivity index (χ4n) is 2.83. The van der Waals surface area contributed by atoms with Gasteiger partial charge in [0.05, 0.1) is 4.92 Å². The van der Waals surface area contributed by atoms with Crippen LogP contribution in [0.2, 0.25) is 0 Å². The number of nitrogens with one attached hydrogen (secondary N) is 1. The number of nitrogens with zero attached hydrogens (tertiary/aromatic N) is 2. The number of nitro benzene ring substituents is 1. The number of hydrogen-bond acceptors (Lipinski definition) is 4. The molecule has 1 heterocycles. The Hall–Kier alpha value is -1.46. The molecule has 0 saturated carbocycles. The van der Waals surface area contributed by atoms with Crippen molar-refractivity contribution in [3.8, 4) is 0 Å². The van der Waals surface area contributed by atoms with Crippen molar-refractivity contribution in [2.24, 2.45) is 0 Å². The molecule has 0 radical (unpaired) electrons. The lowest BCUT2D eigenvalue weighted by molar-refractivity contribution is -0.384. The molecule has 1 N–H and O–H groups in total. The molecular formula is C15H23N3O2. The van der Waals surface area contributed by atoms with Crippen LogP contribution >= 0.6 is 0 Å². The van der Waals surface area contributed by atoms with Crippen molar-refractivity contribution in [3.63, 3.8) is 0 Å². The van der Waals surface area contributed by atoms with Gasteiger partial charge in [-0.25, -0.2) is 0 Å². The zero-order chi connectivity index (χ0) is 14.4. The van der Waals surface area contributed by atoms with E-state index in [4.69, 9.17) is 0 Å². The molecule has 0 spiro atoms. The monoisotopic (exact) mass is 277 g/mol. The minimum atomic E-state index is -0.324. The maximum atomic E-state index is 10.8. The van der Waals surface area contributed by atoms with Crippen molar-refractivity contribution in [1.82, 2.24) is 10.2 Å². The molecule has 0 bridgehead atoms. The number of hydrogen-bond donors (Lipinski definition) is 1. The lowest BCUT2D eigenvalue weighted by Crippen LogP contribution is -2.45. The molecule has 1 aromatic carbocycles. The van der Waals surface area contributed by atoms with Crippen molar-refractivity contribution in [3.05, 3.63) is 39.9 Å². The highest BCUT2D eigenvalue weighted by atomic mass is 16.6. The van der Waals surface area contributed by atoms with E-state index in [0.29, 0.717) is 6.04 Å². The molecule has 1 aromatic rings. The summed E-state index contributed by atoms with van der Waals surface area (Å²) >= 11 is 0. The first-order valence-corrected chi connectivity index (χ1v) is 7.39. The smallest absolute Gasteiger partial charge is 0.269 e. The van der Waals surface area contributed by atoms with Crippen molar-refractivity contribution >= 4 is 5.69 Å². The van der Waals surface area contributed by atoms with E-state index in [1.165, 1.54) is 12.8 Å². The Morgan fingerprint density at radius 2 is 2.35 bits per heavy atom. The van der Waals surface area contributed by atoms with Crippen molar-refractivity contribution in [1.29, 1.82) is 0 Å². The minimum Gasteiger partial charge on any atom is -0.315 e. The molecule has 1 aliphatic heterocycles. The third-order valence-corrected chi connectivity index (χ3v) is 3.81. The fraction of sp³-hybridized carbons (Fsp3) is 0.600. The molecule has 5 heteroatoms. The average molecular weight is 277 g/mol. The van der Waals surface area contributed by atoms with Crippen molar-refractivity contribution in [2.75, 3.05) is 19.6 Å². The van der Waals surface area contributed by atoms with Gasteiger partial charge in [-0.05, 0) is 37.9 Å². The Bertz CT molecular complexity index is 444. The van der Waals surface area contributed by atoms with E-state index >= 15 is 0 Å². The molecule has 0 aliphatic carbocycles. The summed E-state index contributed by atoms with van der Waals surface area (Å²) in [5, 5.41) is 14.3. The van der Waals surface area contributed by atoms with Gasteiger partial charge >= 0.3 is 0 Å². The number of rotatable bonds is 6. The molecule has 0 amide bonds. The summed E-state index contributed by atoms with van der Waals surface area (Å²) in [5.74, 6) is 0. The highest BCUT2D eigenvalue weighted by Gasteiger charge is 2.20. The van der Waals surface area contributed by atoms with Crippen LogP contribution in [-0.2, 0) is 6.54 Å². The van der Waals surface area contributed by atoms with E-state index in [9.17, 15) is 10.1 Å². The van der Waals surface area contributed by atoms with Crippen LogP contribution in [0.5, 0.6) is 0 Å². The molecule has 2 rings (SSSR count). The first kappa shape index (κ1) is 14.9. The van der Waals surface area contributed by atoms with E-state index in [1.807, 2.05) is 6.07 Å². The Morgan fingerprint density at radius 3 is 3.00 bits per heavy atom. The second-order valence-electron chi connectivity index (χ2n) is 5.40. The van der Waals surface area contributed by atoms with Gasteiger partial charge in [0.15, 0.2) is 0 Å². The summed E-state index contributed by atoms with van der Waals surface area (Å²) in [7, 11) is 0. The third kappa shape index (κ3) is 4.02. The number of nitro groups is 1. The highest BCUT2D eigenvalue weighted by Crippen LogP contribution is 2.18. The maximum absolute atomic E-state index is 10.8. The van der Waals surface area contributed by atoms with Gasteiger partial charge in [-0.3, -0.25) is 15.0 Å². The normalized spacial score (nSPS) is 19.2. The number of non-ortho nitro benzene ring substituents is 1. The van der Waals surface area contributed by atoms with E-state index < -0.39 is 0 Å². The molecule has 1 saturated heterocycles. The molecule has 20 heavy (non-hydrogen) atoms. The van der Waals surface area contributed by atoms with Crippen LogP contribution in [0, 0.1) is 10.1 Å². The SMILES string of the molecule is CCCN(Cc1cccc([N+](=O)[O-])c1)C1CCCNC1. The Balaban J connectivity index is 2.06. The number of piperidine rings is 1. The molecule has 5 nitrogen and oxygen atoms in total. The van der Waals surface area contributed by atoms with Gasteiger partial charge < -0.3 is 5.32 Å². The highest BCUT2D eigenvalue weighted by molar-refractivity contribution is 5.34. The molecule has 110 valence electrons. The first-order chi connectivity index (χ1) is 9.70. The van der Waals surface area contributed by atoms with Crippen molar-refractivity contribution < 1.29 is 4.92 Å². The van der Waals surface area contributed by atoms with Crippen LogP contribution in [0.4, 0.5) is 5.69 Å². The van der Waals surface area contributed by atoms with E-state index in [1.54, 1.807) is 18.2 Å². The predicted octanol–water partition coefficient (Wildman–Crippen LogP) is 2.56. The summed E-state index contributed by atoms with van der Waals surface area (Å²) in [6, 6.07) is 7.54. The zero-order valence-corrected chi connectivity index (χ0v) is 12.0. The lowest BCUT2D eigenvalue weighted by Gasteiger charge is -2.34. The summed E-state index contributed by atoms with van der Waals surface area (Å²) in [4.78, 5) is 13.0. The maximum Gasteiger partial charge on any atom is 0.269 e. The third-order valence-electron chi connectivity index (χ3n) is 3.81. The summed E-state index contributed by atoms with van der Waals surface area (Å²) < 4.78 is 0. The van der Waals surface area contributed by atoms with Crippen molar-refractivity contribution in [2.45, 2.75) is 38.8 Å². The largest absolute Gasteiger partial charge is 0.315 e.